The van der Waals surface area contributed by atoms with Crippen LogP contribution < -0.4 is 11.3 Å². The van der Waals surface area contributed by atoms with Crippen LogP contribution >= 0.6 is 11.3 Å². The van der Waals surface area contributed by atoms with E-state index in [4.69, 9.17) is 5.84 Å². The Bertz CT molecular complexity index is 284. The first kappa shape index (κ1) is 12.6. The van der Waals surface area contributed by atoms with Crippen LogP contribution in [0.25, 0.3) is 0 Å². The summed E-state index contributed by atoms with van der Waals surface area (Å²) in [5.41, 5.74) is 2.99. The second-order valence-electron chi connectivity index (χ2n) is 4.22. The number of nitrogens with zero attached hydrogens (tertiary/aromatic N) is 1. The summed E-state index contributed by atoms with van der Waals surface area (Å²) in [7, 11) is 4.20. The van der Waals surface area contributed by atoms with Gasteiger partial charge in [0.1, 0.15) is 0 Å². The number of rotatable bonds is 5. The molecule has 3 N–H and O–H groups in total. The number of nitrogens with one attached hydrogen (secondary N) is 1. The van der Waals surface area contributed by atoms with E-state index >= 15 is 0 Å². The Morgan fingerprint density at radius 2 is 2.27 bits per heavy atom. The molecule has 86 valence electrons. The van der Waals surface area contributed by atoms with Gasteiger partial charge in [-0.3, -0.25) is 11.3 Å². The molecular weight excluding hydrogens is 206 g/mol. The van der Waals surface area contributed by atoms with Crippen molar-refractivity contribution in [1.82, 2.24) is 10.3 Å². The molecule has 0 aliphatic rings. The van der Waals surface area contributed by atoms with E-state index in [2.05, 4.69) is 55.8 Å². The summed E-state index contributed by atoms with van der Waals surface area (Å²) in [6.07, 6.45) is 1.05. The Hall–Kier alpha value is -0.420. The van der Waals surface area contributed by atoms with Crippen molar-refractivity contribution in [2.45, 2.75) is 31.8 Å². The molecule has 1 rings (SSSR count). The summed E-state index contributed by atoms with van der Waals surface area (Å²) >= 11 is 1.75. The zero-order chi connectivity index (χ0) is 11.5. The highest BCUT2D eigenvalue weighted by Crippen LogP contribution is 2.34. The molecule has 0 bridgehead atoms. The predicted molar refractivity (Wildman–Crippen MR) is 66.8 cm³/mol. The largest absolute Gasteiger partial charge is 0.302 e. The lowest BCUT2D eigenvalue weighted by atomic mass is 9.87. The molecule has 0 amide bonds. The molecule has 0 aliphatic heterocycles. The summed E-state index contributed by atoms with van der Waals surface area (Å²) in [5.74, 6) is 5.69. The molecule has 1 aromatic heterocycles. The zero-order valence-corrected chi connectivity index (χ0v) is 10.8. The van der Waals surface area contributed by atoms with Crippen molar-refractivity contribution in [3.05, 3.63) is 22.4 Å². The van der Waals surface area contributed by atoms with Crippen LogP contribution in [-0.4, -0.2) is 24.5 Å². The molecule has 15 heavy (non-hydrogen) atoms. The Kier molecular flexibility index (Phi) is 4.28. The van der Waals surface area contributed by atoms with Crippen LogP contribution in [-0.2, 0) is 0 Å². The van der Waals surface area contributed by atoms with Gasteiger partial charge in [-0.05, 0) is 38.9 Å². The van der Waals surface area contributed by atoms with Crippen molar-refractivity contribution in [2.24, 2.45) is 5.84 Å². The van der Waals surface area contributed by atoms with E-state index in [0.29, 0.717) is 0 Å². The summed E-state index contributed by atoms with van der Waals surface area (Å²) < 4.78 is 0. The second kappa shape index (κ2) is 5.07. The van der Waals surface area contributed by atoms with Crippen molar-refractivity contribution in [2.75, 3.05) is 14.1 Å². The van der Waals surface area contributed by atoms with Gasteiger partial charge in [0, 0.05) is 10.4 Å². The molecule has 1 heterocycles. The van der Waals surface area contributed by atoms with Crippen LogP contribution in [0.4, 0.5) is 0 Å². The van der Waals surface area contributed by atoms with Crippen molar-refractivity contribution in [1.29, 1.82) is 0 Å². The molecule has 0 aromatic carbocycles. The number of hydrogen-bond donors (Lipinski definition) is 2. The fourth-order valence-electron chi connectivity index (χ4n) is 1.80. The van der Waals surface area contributed by atoms with Gasteiger partial charge in [-0.15, -0.1) is 11.3 Å². The van der Waals surface area contributed by atoms with Crippen molar-refractivity contribution in [3.63, 3.8) is 0 Å². The molecule has 0 fully saturated rings. The summed E-state index contributed by atoms with van der Waals surface area (Å²) in [6, 6.07) is 4.38. The quantitative estimate of drug-likeness (QED) is 0.597. The summed E-state index contributed by atoms with van der Waals surface area (Å²) in [5, 5.41) is 2.09. The number of nitrogens with two attached hydrogens (primary N) is 1. The van der Waals surface area contributed by atoms with Gasteiger partial charge in [0.2, 0.25) is 0 Å². The van der Waals surface area contributed by atoms with E-state index in [-0.39, 0.29) is 11.6 Å². The highest BCUT2D eigenvalue weighted by molar-refractivity contribution is 7.10. The predicted octanol–water partition coefficient (Wildman–Crippen LogP) is 1.98. The first-order valence-corrected chi connectivity index (χ1v) is 6.11. The molecule has 0 radical (unpaired) electrons. The SMILES string of the molecule is CCC(C)(C(NN)c1cccs1)N(C)C. The van der Waals surface area contributed by atoms with Gasteiger partial charge < -0.3 is 4.90 Å². The van der Waals surface area contributed by atoms with E-state index in [9.17, 15) is 0 Å². The van der Waals surface area contributed by atoms with Crippen LogP contribution in [0.2, 0.25) is 0 Å². The van der Waals surface area contributed by atoms with Crippen molar-refractivity contribution in [3.8, 4) is 0 Å². The van der Waals surface area contributed by atoms with Gasteiger partial charge in [-0.1, -0.05) is 13.0 Å². The zero-order valence-electron chi connectivity index (χ0n) is 9.95. The van der Waals surface area contributed by atoms with E-state index in [1.165, 1.54) is 4.88 Å². The second-order valence-corrected chi connectivity index (χ2v) is 5.20. The highest BCUT2D eigenvalue weighted by atomic mass is 32.1. The molecule has 2 atom stereocenters. The third-order valence-corrected chi connectivity index (χ3v) is 4.29. The Labute approximate surface area is 96.2 Å². The van der Waals surface area contributed by atoms with Crippen LogP contribution in [0.5, 0.6) is 0 Å². The summed E-state index contributed by atoms with van der Waals surface area (Å²) in [6.45, 7) is 4.43. The number of likely N-dealkylation sites (N-methyl/N-ethyl adjacent to an activating group) is 1. The minimum atomic E-state index is 0.0413. The number of hydrazine groups is 1. The van der Waals surface area contributed by atoms with E-state index in [1.807, 2.05) is 0 Å². The Morgan fingerprint density at radius 1 is 1.60 bits per heavy atom. The van der Waals surface area contributed by atoms with Crippen LogP contribution in [0.1, 0.15) is 31.2 Å². The van der Waals surface area contributed by atoms with Gasteiger partial charge in [0.15, 0.2) is 0 Å². The molecule has 0 aliphatic carbocycles. The Balaban J connectivity index is 2.99. The Morgan fingerprint density at radius 3 is 2.60 bits per heavy atom. The number of thiophene rings is 1. The fourth-order valence-corrected chi connectivity index (χ4v) is 2.73. The lowest BCUT2D eigenvalue weighted by Gasteiger charge is -2.41. The third kappa shape index (κ3) is 2.39. The monoisotopic (exact) mass is 227 g/mol. The first-order chi connectivity index (χ1) is 7.06. The van der Waals surface area contributed by atoms with Gasteiger partial charge >= 0.3 is 0 Å². The normalized spacial score (nSPS) is 17.7. The minimum absolute atomic E-state index is 0.0413. The molecule has 2 unspecified atom stereocenters. The molecule has 4 heteroatoms. The van der Waals surface area contributed by atoms with Crippen LogP contribution in [0, 0.1) is 0 Å². The maximum absolute atomic E-state index is 5.69. The van der Waals surface area contributed by atoms with Gasteiger partial charge in [0.25, 0.3) is 0 Å². The van der Waals surface area contributed by atoms with Crippen LogP contribution in [0.15, 0.2) is 17.5 Å². The maximum atomic E-state index is 5.69. The highest BCUT2D eigenvalue weighted by Gasteiger charge is 2.35. The number of hydrogen-bond acceptors (Lipinski definition) is 4. The molecule has 0 spiro atoms. The van der Waals surface area contributed by atoms with Crippen molar-refractivity contribution >= 4 is 11.3 Å². The lowest BCUT2D eigenvalue weighted by molar-refractivity contribution is 0.114. The molecule has 0 saturated carbocycles. The van der Waals surface area contributed by atoms with Crippen molar-refractivity contribution < 1.29 is 0 Å². The van der Waals surface area contributed by atoms with Gasteiger partial charge in [-0.25, -0.2) is 0 Å². The first-order valence-electron chi connectivity index (χ1n) is 5.23. The minimum Gasteiger partial charge on any atom is -0.302 e. The van der Waals surface area contributed by atoms with E-state index < -0.39 is 0 Å². The molecule has 3 nitrogen and oxygen atoms in total. The van der Waals surface area contributed by atoms with E-state index in [1.54, 1.807) is 11.3 Å². The molecular formula is C11H21N3S. The standard InChI is InChI=1S/C11H21N3S/c1-5-11(2,14(3)4)10(13-12)9-7-6-8-15-9/h6-8,10,13H,5,12H2,1-4H3. The molecule has 1 aromatic rings. The maximum Gasteiger partial charge on any atom is 0.0733 e. The summed E-state index contributed by atoms with van der Waals surface area (Å²) in [4.78, 5) is 3.52. The topological polar surface area (TPSA) is 41.3 Å². The average molecular weight is 227 g/mol. The smallest absolute Gasteiger partial charge is 0.0733 e. The van der Waals surface area contributed by atoms with Crippen LogP contribution in [0.3, 0.4) is 0 Å². The third-order valence-electron chi connectivity index (χ3n) is 3.35. The van der Waals surface area contributed by atoms with E-state index in [0.717, 1.165) is 6.42 Å². The van der Waals surface area contributed by atoms with Gasteiger partial charge in [-0.2, -0.15) is 0 Å². The fraction of sp³-hybridized carbons (Fsp3) is 0.636. The lowest BCUT2D eigenvalue weighted by Crippen LogP contribution is -2.52. The molecule has 0 saturated heterocycles. The van der Waals surface area contributed by atoms with Gasteiger partial charge in [0.05, 0.1) is 6.04 Å². The average Bonchev–Trinajstić information content (AvgIpc) is 2.71.